The van der Waals surface area contributed by atoms with Crippen molar-refractivity contribution in [1.29, 1.82) is 0 Å². The monoisotopic (exact) mass is 389 g/mol. The normalized spacial score (nSPS) is 11.1. The number of nitro benzene ring substituents is 1. The van der Waals surface area contributed by atoms with E-state index in [1.165, 1.54) is 36.7 Å². The zero-order valence-corrected chi connectivity index (χ0v) is 14.7. The summed E-state index contributed by atoms with van der Waals surface area (Å²) in [4.78, 5) is 13.7. The standard InChI is InChI=1S/C16H15N5O5S/c22-21(23)15-6-1-2-7-16(15)27(24,25)19-13-4-3-5-14(10-13)26-9-8-20-12-17-11-18-20/h1-7,10-12,19H,8-9H2. The number of para-hydroxylation sites is 1. The molecule has 1 N–H and O–H groups in total. The van der Waals surface area contributed by atoms with Crippen molar-refractivity contribution in [2.75, 3.05) is 11.3 Å². The minimum atomic E-state index is -4.13. The van der Waals surface area contributed by atoms with Gasteiger partial charge in [0, 0.05) is 12.1 Å². The molecule has 27 heavy (non-hydrogen) atoms. The molecule has 1 heterocycles. The molecular formula is C16H15N5O5S. The van der Waals surface area contributed by atoms with E-state index in [0.29, 0.717) is 18.9 Å². The van der Waals surface area contributed by atoms with E-state index in [1.54, 1.807) is 23.1 Å². The summed E-state index contributed by atoms with van der Waals surface area (Å²) in [5.41, 5.74) is -0.267. The highest BCUT2D eigenvalue weighted by Crippen LogP contribution is 2.26. The van der Waals surface area contributed by atoms with Crippen LogP contribution in [-0.2, 0) is 16.6 Å². The van der Waals surface area contributed by atoms with Gasteiger partial charge in [0.25, 0.3) is 15.7 Å². The molecule has 140 valence electrons. The van der Waals surface area contributed by atoms with Crippen LogP contribution in [0.4, 0.5) is 11.4 Å². The zero-order valence-electron chi connectivity index (χ0n) is 13.9. The number of nitrogens with one attached hydrogen (secondary N) is 1. The van der Waals surface area contributed by atoms with E-state index >= 15 is 0 Å². The first kappa shape index (κ1) is 18.3. The maximum Gasteiger partial charge on any atom is 0.289 e. The fourth-order valence-electron chi connectivity index (χ4n) is 2.30. The quantitative estimate of drug-likeness (QED) is 0.461. The topological polar surface area (TPSA) is 129 Å². The summed E-state index contributed by atoms with van der Waals surface area (Å²) in [6.07, 6.45) is 2.97. The van der Waals surface area contributed by atoms with Gasteiger partial charge in [-0.1, -0.05) is 18.2 Å². The third-order valence-corrected chi connectivity index (χ3v) is 4.92. The van der Waals surface area contributed by atoms with Crippen LogP contribution in [0, 0.1) is 10.1 Å². The molecule has 0 aliphatic rings. The second-order valence-corrected chi connectivity index (χ2v) is 7.02. The summed E-state index contributed by atoms with van der Waals surface area (Å²) in [6, 6.07) is 11.4. The predicted octanol–water partition coefficient (Wildman–Crippen LogP) is 2.07. The lowest BCUT2D eigenvalue weighted by atomic mass is 10.3. The highest BCUT2D eigenvalue weighted by molar-refractivity contribution is 7.92. The number of hydrogen-bond donors (Lipinski definition) is 1. The highest BCUT2D eigenvalue weighted by Gasteiger charge is 2.25. The third kappa shape index (κ3) is 4.58. The average molecular weight is 389 g/mol. The van der Waals surface area contributed by atoms with Crippen LogP contribution in [-0.4, -0.2) is 34.7 Å². The van der Waals surface area contributed by atoms with Gasteiger partial charge in [-0.3, -0.25) is 14.8 Å². The zero-order chi connectivity index (χ0) is 19.3. The Morgan fingerprint density at radius 2 is 2.00 bits per heavy atom. The molecule has 0 aliphatic carbocycles. The summed E-state index contributed by atoms with van der Waals surface area (Å²) in [6.45, 7) is 0.788. The van der Waals surface area contributed by atoms with Crippen molar-refractivity contribution >= 4 is 21.4 Å². The second-order valence-electron chi connectivity index (χ2n) is 5.37. The minimum Gasteiger partial charge on any atom is -0.492 e. The minimum absolute atomic E-state index is 0.228. The van der Waals surface area contributed by atoms with Gasteiger partial charge in [-0.05, 0) is 18.2 Å². The van der Waals surface area contributed by atoms with Crippen molar-refractivity contribution in [1.82, 2.24) is 14.8 Å². The smallest absolute Gasteiger partial charge is 0.289 e. The Morgan fingerprint density at radius 1 is 1.19 bits per heavy atom. The van der Waals surface area contributed by atoms with Gasteiger partial charge in [-0.15, -0.1) is 0 Å². The van der Waals surface area contributed by atoms with Gasteiger partial charge in [0.15, 0.2) is 4.90 Å². The number of ether oxygens (including phenoxy) is 1. The first-order valence-corrected chi connectivity index (χ1v) is 9.25. The van der Waals surface area contributed by atoms with Crippen molar-refractivity contribution in [3.05, 3.63) is 71.3 Å². The van der Waals surface area contributed by atoms with E-state index in [9.17, 15) is 18.5 Å². The fourth-order valence-corrected chi connectivity index (χ4v) is 3.52. The van der Waals surface area contributed by atoms with Crippen LogP contribution in [0.15, 0.2) is 66.1 Å². The molecule has 0 amide bonds. The molecule has 3 aromatic rings. The molecule has 11 heteroatoms. The molecule has 0 spiro atoms. The lowest BCUT2D eigenvalue weighted by molar-refractivity contribution is -0.387. The van der Waals surface area contributed by atoms with Gasteiger partial charge in [0.05, 0.1) is 17.2 Å². The predicted molar refractivity (Wildman–Crippen MR) is 95.9 cm³/mol. The van der Waals surface area contributed by atoms with E-state index in [4.69, 9.17) is 4.74 Å². The molecule has 0 atom stereocenters. The van der Waals surface area contributed by atoms with Gasteiger partial charge >= 0.3 is 0 Å². The maximum atomic E-state index is 12.5. The Bertz CT molecular complexity index is 1040. The molecule has 10 nitrogen and oxygen atoms in total. The maximum absolute atomic E-state index is 12.5. The number of anilines is 1. The van der Waals surface area contributed by atoms with E-state index in [2.05, 4.69) is 14.8 Å². The summed E-state index contributed by atoms with van der Waals surface area (Å²) in [5, 5.41) is 15.0. The number of rotatable bonds is 8. The van der Waals surface area contributed by atoms with Crippen molar-refractivity contribution in [3.8, 4) is 5.75 Å². The van der Waals surface area contributed by atoms with Gasteiger partial charge in [-0.2, -0.15) is 5.10 Å². The summed E-state index contributed by atoms with van der Waals surface area (Å²) >= 11 is 0. The van der Waals surface area contributed by atoms with Crippen LogP contribution < -0.4 is 9.46 Å². The number of hydrogen-bond acceptors (Lipinski definition) is 7. The second kappa shape index (κ2) is 7.83. The molecule has 0 unspecified atom stereocenters. The van der Waals surface area contributed by atoms with Crippen molar-refractivity contribution in [2.24, 2.45) is 0 Å². The van der Waals surface area contributed by atoms with Gasteiger partial charge in [0.2, 0.25) is 0 Å². The molecule has 2 aromatic carbocycles. The molecule has 0 bridgehead atoms. The fraction of sp³-hybridized carbons (Fsp3) is 0.125. The van der Waals surface area contributed by atoms with Crippen LogP contribution >= 0.6 is 0 Å². The lowest BCUT2D eigenvalue weighted by Crippen LogP contribution is -2.15. The number of nitrogens with zero attached hydrogens (tertiary/aromatic N) is 4. The first-order chi connectivity index (χ1) is 13.0. The first-order valence-electron chi connectivity index (χ1n) is 7.77. The SMILES string of the molecule is O=[N+]([O-])c1ccccc1S(=O)(=O)Nc1cccc(OCCn2cncn2)c1. The van der Waals surface area contributed by atoms with Crippen LogP contribution in [0.1, 0.15) is 0 Å². The number of benzene rings is 2. The number of aromatic nitrogens is 3. The molecule has 0 radical (unpaired) electrons. The van der Waals surface area contributed by atoms with Crippen molar-refractivity contribution < 1.29 is 18.1 Å². The molecular weight excluding hydrogens is 374 g/mol. The number of sulfonamides is 1. The average Bonchev–Trinajstić information content (AvgIpc) is 3.15. The molecule has 0 fully saturated rings. The molecule has 3 rings (SSSR count). The van der Waals surface area contributed by atoms with Gasteiger partial charge in [0.1, 0.15) is 25.0 Å². The summed E-state index contributed by atoms with van der Waals surface area (Å²) in [7, 11) is -4.13. The largest absolute Gasteiger partial charge is 0.492 e. The highest BCUT2D eigenvalue weighted by atomic mass is 32.2. The van der Waals surface area contributed by atoms with E-state index < -0.39 is 25.5 Å². The van der Waals surface area contributed by atoms with Crippen LogP contribution in [0.5, 0.6) is 5.75 Å². The van der Waals surface area contributed by atoms with E-state index in [-0.39, 0.29) is 5.69 Å². The Hall–Kier alpha value is -3.47. The van der Waals surface area contributed by atoms with E-state index in [1.807, 2.05) is 0 Å². The number of nitro groups is 1. The molecule has 0 saturated carbocycles. The summed E-state index contributed by atoms with van der Waals surface area (Å²) in [5.74, 6) is 0.442. The van der Waals surface area contributed by atoms with Gasteiger partial charge in [-0.25, -0.2) is 18.1 Å². The van der Waals surface area contributed by atoms with Crippen LogP contribution in [0.25, 0.3) is 0 Å². The Kier molecular flexibility index (Phi) is 5.31. The van der Waals surface area contributed by atoms with Gasteiger partial charge < -0.3 is 4.74 Å². The Labute approximate surface area is 154 Å². The molecule has 1 aromatic heterocycles. The third-order valence-electron chi connectivity index (χ3n) is 3.49. The molecule has 0 aliphatic heterocycles. The lowest BCUT2D eigenvalue weighted by Gasteiger charge is -2.11. The summed E-state index contributed by atoms with van der Waals surface area (Å²) < 4.78 is 34.6. The van der Waals surface area contributed by atoms with Crippen molar-refractivity contribution in [2.45, 2.75) is 11.4 Å². The van der Waals surface area contributed by atoms with E-state index in [0.717, 1.165) is 6.07 Å². The van der Waals surface area contributed by atoms with Crippen molar-refractivity contribution in [3.63, 3.8) is 0 Å². The Balaban J connectivity index is 1.72. The van der Waals surface area contributed by atoms with Crippen LogP contribution in [0.3, 0.4) is 0 Å². The molecule has 0 saturated heterocycles. The Morgan fingerprint density at radius 3 is 2.74 bits per heavy atom. The van der Waals surface area contributed by atoms with Crippen LogP contribution in [0.2, 0.25) is 0 Å².